The largest absolute Gasteiger partial charge is 0.388 e. The number of aliphatic hydroxyl groups excluding tert-OH is 1. The Balaban J connectivity index is 1.79. The van der Waals surface area contributed by atoms with Crippen molar-refractivity contribution < 1.29 is 9.90 Å². The van der Waals surface area contributed by atoms with E-state index >= 15 is 0 Å². The lowest BCUT2D eigenvalue weighted by atomic mass is 10.0. The topological polar surface area (TPSA) is 49.3 Å². The Hall–Kier alpha value is -0.870. The number of aliphatic hydroxyl groups is 1. The zero-order chi connectivity index (χ0) is 12.3. The van der Waals surface area contributed by atoms with Gasteiger partial charge < -0.3 is 10.4 Å². The van der Waals surface area contributed by atoms with Gasteiger partial charge in [0.15, 0.2) is 0 Å². The molecule has 0 radical (unpaired) electrons. The first-order chi connectivity index (χ1) is 8.15. The van der Waals surface area contributed by atoms with E-state index in [0.717, 1.165) is 22.9 Å². The fourth-order valence-electron chi connectivity index (χ4n) is 1.68. The highest BCUT2D eigenvalue weighted by Gasteiger charge is 2.23. The molecule has 1 saturated carbocycles. The van der Waals surface area contributed by atoms with Crippen molar-refractivity contribution in [2.24, 2.45) is 0 Å². The number of hydrogen-bond acceptors (Lipinski definition) is 2. The van der Waals surface area contributed by atoms with Crippen molar-refractivity contribution in [3.8, 4) is 0 Å². The standard InChI is InChI=1S/C13H16BrNO2/c14-10-3-1-2-9(8-10)12(16)6-7-13(17)15-11-4-5-11/h1-3,8,11-12,16H,4-7H2,(H,15,17). The van der Waals surface area contributed by atoms with Crippen LogP contribution in [-0.4, -0.2) is 17.1 Å². The molecule has 2 N–H and O–H groups in total. The zero-order valence-electron chi connectivity index (χ0n) is 9.53. The van der Waals surface area contributed by atoms with Crippen LogP contribution in [0.5, 0.6) is 0 Å². The van der Waals surface area contributed by atoms with Gasteiger partial charge in [0.1, 0.15) is 0 Å². The number of nitrogens with one attached hydrogen (secondary N) is 1. The Labute approximate surface area is 109 Å². The van der Waals surface area contributed by atoms with Crippen LogP contribution in [0.25, 0.3) is 0 Å². The first-order valence-electron chi connectivity index (χ1n) is 5.88. The van der Waals surface area contributed by atoms with Gasteiger partial charge in [-0.3, -0.25) is 4.79 Å². The van der Waals surface area contributed by atoms with Crippen molar-refractivity contribution in [3.05, 3.63) is 34.3 Å². The van der Waals surface area contributed by atoms with E-state index in [1.165, 1.54) is 0 Å². The van der Waals surface area contributed by atoms with E-state index in [-0.39, 0.29) is 5.91 Å². The molecule has 0 aromatic heterocycles. The molecule has 0 aliphatic heterocycles. The van der Waals surface area contributed by atoms with Crippen LogP contribution < -0.4 is 5.32 Å². The number of carbonyl (C=O) groups is 1. The van der Waals surface area contributed by atoms with E-state index in [4.69, 9.17) is 0 Å². The number of benzene rings is 1. The van der Waals surface area contributed by atoms with E-state index in [9.17, 15) is 9.90 Å². The molecule has 3 nitrogen and oxygen atoms in total. The monoisotopic (exact) mass is 297 g/mol. The Morgan fingerprint density at radius 1 is 1.53 bits per heavy atom. The molecule has 0 heterocycles. The van der Waals surface area contributed by atoms with Gasteiger partial charge in [0.2, 0.25) is 5.91 Å². The Kier molecular flexibility index (Phi) is 4.18. The third-order valence-corrected chi connectivity index (χ3v) is 3.31. The highest BCUT2D eigenvalue weighted by Crippen LogP contribution is 2.22. The van der Waals surface area contributed by atoms with E-state index in [2.05, 4.69) is 21.2 Å². The van der Waals surface area contributed by atoms with Gasteiger partial charge in [-0.1, -0.05) is 28.1 Å². The van der Waals surface area contributed by atoms with Crippen LogP contribution in [0.2, 0.25) is 0 Å². The summed E-state index contributed by atoms with van der Waals surface area (Å²) >= 11 is 3.36. The maximum Gasteiger partial charge on any atom is 0.220 e. The normalized spacial score (nSPS) is 16.6. The molecular weight excluding hydrogens is 282 g/mol. The summed E-state index contributed by atoms with van der Waals surface area (Å²) in [6.07, 6.45) is 2.47. The van der Waals surface area contributed by atoms with Gasteiger partial charge in [0.05, 0.1) is 6.10 Å². The van der Waals surface area contributed by atoms with Crippen LogP contribution in [0.15, 0.2) is 28.7 Å². The fraction of sp³-hybridized carbons (Fsp3) is 0.462. The smallest absolute Gasteiger partial charge is 0.220 e. The van der Waals surface area contributed by atoms with E-state index in [0.29, 0.717) is 18.9 Å². The van der Waals surface area contributed by atoms with Crippen molar-refractivity contribution in [2.75, 3.05) is 0 Å². The zero-order valence-corrected chi connectivity index (χ0v) is 11.1. The van der Waals surface area contributed by atoms with Crippen LogP contribution in [0.3, 0.4) is 0 Å². The lowest BCUT2D eigenvalue weighted by Crippen LogP contribution is -2.25. The summed E-state index contributed by atoms with van der Waals surface area (Å²) in [6.45, 7) is 0. The summed E-state index contributed by atoms with van der Waals surface area (Å²) in [4.78, 5) is 11.5. The molecule has 1 fully saturated rings. The Bertz CT molecular complexity index is 404. The fourth-order valence-corrected chi connectivity index (χ4v) is 2.09. The molecule has 0 bridgehead atoms. The highest BCUT2D eigenvalue weighted by molar-refractivity contribution is 9.10. The van der Waals surface area contributed by atoms with Crippen molar-refractivity contribution in [3.63, 3.8) is 0 Å². The van der Waals surface area contributed by atoms with Crippen molar-refractivity contribution >= 4 is 21.8 Å². The van der Waals surface area contributed by atoms with E-state index < -0.39 is 6.10 Å². The van der Waals surface area contributed by atoms with Crippen LogP contribution in [0.1, 0.15) is 37.4 Å². The average molecular weight is 298 g/mol. The first-order valence-corrected chi connectivity index (χ1v) is 6.67. The predicted octanol–water partition coefficient (Wildman–Crippen LogP) is 2.54. The molecule has 0 saturated heterocycles. The summed E-state index contributed by atoms with van der Waals surface area (Å²) in [6, 6.07) is 7.94. The summed E-state index contributed by atoms with van der Waals surface area (Å²) in [5.41, 5.74) is 0.846. The predicted molar refractivity (Wildman–Crippen MR) is 69.5 cm³/mol. The third kappa shape index (κ3) is 4.13. The summed E-state index contributed by atoms with van der Waals surface area (Å²) in [7, 11) is 0. The molecule has 1 aliphatic rings. The van der Waals surface area contributed by atoms with E-state index in [1.807, 2.05) is 24.3 Å². The molecule has 1 aromatic rings. The molecular formula is C13H16BrNO2. The van der Waals surface area contributed by atoms with Crippen molar-refractivity contribution in [1.29, 1.82) is 0 Å². The maximum absolute atomic E-state index is 11.5. The molecule has 2 rings (SSSR count). The lowest BCUT2D eigenvalue weighted by molar-refractivity contribution is -0.121. The second-order valence-corrected chi connectivity index (χ2v) is 5.37. The van der Waals surface area contributed by atoms with Crippen molar-refractivity contribution in [1.82, 2.24) is 5.32 Å². The Morgan fingerprint density at radius 2 is 2.29 bits per heavy atom. The van der Waals surface area contributed by atoms with E-state index in [1.54, 1.807) is 0 Å². The van der Waals surface area contributed by atoms with Gasteiger partial charge in [-0.25, -0.2) is 0 Å². The van der Waals surface area contributed by atoms with Gasteiger partial charge in [-0.05, 0) is 37.0 Å². The maximum atomic E-state index is 11.5. The molecule has 1 atom stereocenters. The second kappa shape index (κ2) is 5.65. The minimum absolute atomic E-state index is 0.0431. The number of halogens is 1. The SMILES string of the molecule is O=C(CCC(O)c1cccc(Br)c1)NC1CC1. The second-order valence-electron chi connectivity index (χ2n) is 4.45. The summed E-state index contributed by atoms with van der Waals surface area (Å²) in [5, 5.41) is 12.9. The Morgan fingerprint density at radius 3 is 2.94 bits per heavy atom. The van der Waals surface area contributed by atoms with Crippen LogP contribution in [0.4, 0.5) is 0 Å². The van der Waals surface area contributed by atoms with Crippen LogP contribution in [-0.2, 0) is 4.79 Å². The van der Waals surface area contributed by atoms with Crippen molar-refractivity contribution in [2.45, 2.75) is 37.8 Å². The number of carbonyl (C=O) groups excluding carboxylic acids is 1. The minimum Gasteiger partial charge on any atom is -0.388 e. The third-order valence-electron chi connectivity index (χ3n) is 2.82. The molecule has 1 aromatic carbocycles. The molecule has 1 unspecified atom stereocenters. The lowest BCUT2D eigenvalue weighted by Gasteiger charge is -2.11. The molecule has 1 aliphatic carbocycles. The molecule has 4 heteroatoms. The molecule has 17 heavy (non-hydrogen) atoms. The summed E-state index contributed by atoms with van der Waals surface area (Å²) in [5.74, 6) is 0.0431. The van der Waals surface area contributed by atoms with Gasteiger partial charge >= 0.3 is 0 Å². The molecule has 92 valence electrons. The highest BCUT2D eigenvalue weighted by atomic mass is 79.9. The quantitative estimate of drug-likeness (QED) is 0.877. The first kappa shape index (κ1) is 12.6. The van der Waals surface area contributed by atoms with Gasteiger partial charge in [-0.2, -0.15) is 0 Å². The number of amides is 1. The molecule has 0 spiro atoms. The van der Waals surface area contributed by atoms with Gasteiger partial charge in [0.25, 0.3) is 0 Å². The number of rotatable bonds is 5. The van der Waals surface area contributed by atoms with Gasteiger partial charge in [-0.15, -0.1) is 0 Å². The molecule has 1 amide bonds. The average Bonchev–Trinajstić information content (AvgIpc) is 3.10. The summed E-state index contributed by atoms with van der Waals surface area (Å²) < 4.78 is 0.941. The van der Waals surface area contributed by atoms with Crippen LogP contribution >= 0.6 is 15.9 Å². The van der Waals surface area contributed by atoms with Gasteiger partial charge in [0, 0.05) is 16.9 Å². The number of hydrogen-bond donors (Lipinski definition) is 2. The minimum atomic E-state index is -0.572. The van der Waals surface area contributed by atoms with Crippen LogP contribution in [0, 0.1) is 0 Å².